The molecule has 0 saturated carbocycles. The van der Waals surface area contributed by atoms with Gasteiger partial charge in [0.2, 0.25) is 0 Å². The molecule has 16 heavy (non-hydrogen) atoms. The molecule has 1 fully saturated rings. The minimum Gasteiger partial charge on any atom is -0.328 e. The number of unbranched alkanes of at least 4 members (excludes halogenated alkanes) is 1. The van der Waals surface area contributed by atoms with Gasteiger partial charge in [0.25, 0.3) is 0 Å². The van der Waals surface area contributed by atoms with Gasteiger partial charge in [0, 0.05) is 31.7 Å². The molecule has 1 heterocycles. The van der Waals surface area contributed by atoms with Gasteiger partial charge in [0.1, 0.15) is 0 Å². The Kier molecular flexibility index (Phi) is 6.03. The minimum atomic E-state index is 0.346. The normalized spacial score (nSPS) is 25.6. The Bertz CT molecular complexity index is 205. The van der Waals surface area contributed by atoms with Crippen LogP contribution in [0.2, 0.25) is 0 Å². The predicted molar refractivity (Wildman–Crippen MR) is 70.6 cm³/mol. The maximum absolute atomic E-state index is 6.17. The number of nitrogens with two attached hydrogens (primary N) is 1. The van der Waals surface area contributed by atoms with E-state index in [0.717, 1.165) is 25.8 Å². The van der Waals surface area contributed by atoms with Crippen LogP contribution in [-0.2, 0) is 0 Å². The summed E-state index contributed by atoms with van der Waals surface area (Å²) in [4.78, 5) is 4.86. The molecule has 94 valence electrons. The van der Waals surface area contributed by atoms with Crippen molar-refractivity contribution < 1.29 is 0 Å². The lowest BCUT2D eigenvalue weighted by Gasteiger charge is -2.38. The SMILES string of the molecule is C=CCCCC(N)CC1CN(C)CCN1C. The monoisotopic (exact) mass is 225 g/mol. The Morgan fingerprint density at radius 2 is 2.19 bits per heavy atom. The molecule has 3 nitrogen and oxygen atoms in total. The lowest BCUT2D eigenvalue weighted by atomic mass is 10.00. The third-order valence-electron chi connectivity index (χ3n) is 3.54. The Hall–Kier alpha value is -0.380. The fourth-order valence-electron chi connectivity index (χ4n) is 2.35. The summed E-state index contributed by atoms with van der Waals surface area (Å²) in [6.07, 6.45) is 6.50. The molecule has 0 aromatic rings. The number of likely N-dealkylation sites (N-methyl/N-ethyl adjacent to an activating group) is 2. The van der Waals surface area contributed by atoms with Crippen molar-refractivity contribution in [1.29, 1.82) is 0 Å². The second-order valence-electron chi connectivity index (χ2n) is 5.11. The van der Waals surface area contributed by atoms with E-state index in [1.54, 1.807) is 0 Å². The molecule has 3 heteroatoms. The van der Waals surface area contributed by atoms with Crippen molar-refractivity contribution in [3.05, 3.63) is 12.7 Å². The molecule has 1 rings (SSSR count). The molecular weight excluding hydrogens is 198 g/mol. The van der Waals surface area contributed by atoms with Crippen molar-refractivity contribution >= 4 is 0 Å². The van der Waals surface area contributed by atoms with E-state index in [-0.39, 0.29) is 0 Å². The zero-order chi connectivity index (χ0) is 12.0. The summed E-state index contributed by atoms with van der Waals surface area (Å²) in [5, 5.41) is 0. The van der Waals surface area contributed by atoms with Crippen LogP contribution in [0, 0.1) is 0 Å². The van der Waals surface area contributed by atoms with Gasteiger partial charge in [-0.3, -0.25) is 0 Å². The topological polar surface area (TPSA) is 32.5 Å². The summed E-state index contributed by atoms with van der Waals surface area (Å²) in [6.45, 7) is 7.24. The van der Waals surface area contributed by atoms with E-state index >= 15 is 0 Å². The second-order valence-corrected chi connectivity index (χ2v) is 5.11. The standard InChI is InChI=1S/C13H27N3/c1-4-5-6-7-12(14)10-13-11-15(2)8-9-16(13)3/h4,12-13H,1,5-11,14H2,2-3H3. The van der Waals surface area contributed by atoms with Crippen LogP contribution in [0.15, 0.2) is 12.7 Å². The molecule has 0 aromatic carbocycles. The number of nitrogens with zero attached hydrogens (tertiary/aromatic N) is 2. The summed E-state index contributed by atoms with van der Waals surface area (Å²) in [6, 6.07) is 0.983. The summed E-state index contributed by atoms with van der Waals surface area (Å²) >= 11 is 0. The van der Waals surface area contributed by atoms with Gasteiger partial charge in [0.15, 0.2) is 0 Å². The fraction of sp³-hybridized carbons (Fsp3) is 0.846. The number of rotatable bonds is 6. The molecule has 1 aliphatic heterocycles. The van der Waals surface area contributed by atoms with Gasteiger partial charge in [-0.15, -0.1) is 6.58 Å². The highest BCUT2D eigenvalue weighted by molar-refractivity contribution is 4.82. The first-order chi connectivity index (χ1) is 7.63. The van der Waals surface area contributed by atoms with Crippen molar-refractivity contribution in [2.75, 3.05) is 33.7 Å². The van der Waals surface area contributed by atoms with E-state index in [0.29, 0.717) is 12.1 Å². The summed E-state index contributed by atoms with van der Waals surface area (Å²) in [5.74, 6) is 0. The van der Waals surface area contributed by atoms with Gasteiger partial charge < -0.3 is 15.5 Å². The van der Waals surface area contributed by atoms with Crippen LogP contribution in [0.5, 0.6) is 0 Å². The largest absolute Gasteiger partial charge is 0.328 e. The van der Waals surface area contributed by atoms with Crippen molar-refractivity contribution in [2.45, 2.75) is 37.8 Å². The maximum Gasteiger partial charge on any atom is 0.0235 e. The fourth-order valence-corrected chi connectivity index (χ4v) is 2.35. The van der Waals surface area contributed by atoms with Gasteiger partial charge in [-0.25, -0.2) is 0 Å². The average molecular weight is 225 g/mol. The molecule has 0 amide bonds. The number of hydrogen-bond donors (Lipinski definition) is 1. The van der Waals surface area contributed by atoms with Crippen LogP contribution < -0.4 is 5.73 Å². The molecule has 2 N–H and O–H groups in total. The van der Waals surface area contributed by atoms with Crippen molar-refractivity contribution in [2.24, 2.45) is 5.73 Å². The van der Waals surface area contributed by atoms with Crippen molar-refractivity contribution in [1.82, 2.24) is 9.80 Å². The van der Waals surface area contributed by atoms with Crippen molar-refractivity contribution in [3.8, 4) is 0 Å². The Morgan fingerprint density at radius 1 is 1.44 bits per heavy atom. The molecular formula is C13H27N3. The maximum atomic E-state index is 6.17. The Balaban J connectivity index is 2.25. The average Bonchev–Trinajstić information content (AvgIpc) is 2.24. The van der Waals surface area contributed by atoms with E-state index in [1.165, 1.54) is 19.5 Å². The van der Waals surface area contributed by atoms with Crippen LogP contribution in [-0.4, -0.2) is 55.6 Å². The van der Waals surface area contributed by atoms with E-state index in [9.17, 15) is 0 Å². The molecule has 0 aromatic heterocycles. The van der Waals surface area contributed by atoms with Crippen LogP contribution in [0.1, 0.15) is 25.7 Å². The van der Waals surface area contributed by atoms with E-state index in [1.807, 2.05) is 6.08 Å². The molecule has 0 spiro atoms. The number of piperazine rings is 1. The quantitative estimate of drug-likeness (QED) is 0.546. The summed E-state index contributed by atoms with van der Waals surface area (Å²) in [5.41, 5.74) is 6.17. The minimum absolute atomic E-state index is 0.346. The van der Waals surface area contributed by atoms with Crippen LogP contribution >= 0.6 is 0 Å². The number of allylic oxidation sites excluding steroid dienone is 1. The molecule has 2 unspecified atom stereocenters. The predicted octanol–water partition coefficient (Wildman–Crippen LogP) is 1.31. The highest BCUT2D eigenvalue weighted by Gasteiger charge is 2.23. The Labute approximate surface area is 100 Å². The highest BCUT2D eigenvalue weighted by Crippen LogP contribution is 2.13. The lowest BCUT2D eigenvalue weighted by Crippen LogP contribution is -2.51. The highest BCUT2D eigenvalue weighted by atomic mass is 15.3. The van der Waals surface area contributed by atoms with Crippen LogP contribution in [0.4, 0.5) is 0 Å². The molecule has 1 saturated heterocycles. The van der Waals surface area contributed by atoms with Gasteiger partial charge >= 0.3 is 0 Å². The number of hydrogen-bond acceptors (Lipinski definition) is 3. The first kappa shape index (κ1) is 13.7. The third kappa shape index (κ3) is 4.64. The zero-order valence-electron chi connectivity index (χ0n) is 10.9. The van der Waals surface area contributed by atoms with E-state index in [2.05, 4.69) is 30.5 Å². The van der Waals surface area contributed by atoms with Crippen molar-refractivity contribution in [3.63, 3.8) is 0 Å². The first-order valence-electron chi connectivity index (χ1n) is 6.38. The third-order valence-corrected chi connectivity index (χ3v) is 3.54. The van der Waals surface area contributed by atoms with Crippen LogP contribution in [0.3, 0.4) is 0 Å². The molecule has 0 bridgehead atoms. The first-order valence-corrected chi connectivity index (χ1v) is 6.38. The lowest BCUT2D eigenvalue weighted by molar-refractivity contribution is 0.103. The molecule has 0 aliphatic carbocycles. The van der Waals surface area contributed by atoms with E-state index < -0.39 is 0 Å². The van der Waals surface area contributed by atoms with E-state index in [4.69, 9.17) is 5.73 Å². The van der Waals surface area contributed by atoms with Crippen LogP contribution in [0.25, 0.3) is 0 Å². The Morgan fingerprint density at radius 3 is 2.88 bits per heavy atom. The smallest absolute Gasteiger partial charge is 0.0235 e. The molecule has 1 aliphatic rings. The van der Waals surface area contributed by atoms with Gasteiger partial charge in [-0.05, 0) is 39.8 Å². The van der Waals surface area contributed by atoms with Gasteiger partial charge in [0.05, 0.1) is 0 Å². The molecule has 0 radical (unpaired) electrons. The summed E-state index contributed by atoms with van der Waals surface area (Å²) in [7, 11) is 4.41. The summed E-state index contributed by atoms with van der Waals surface area (Å²) < 4.78 is 0. The zero-order valence-corrected chi connectivity index (χ0v) is 10.9. The van der Waals surface area contributed by atoms with Gasteiger partial charge in [-0.2, -0.15) is 0 Å². The van der Waals surface area contributed by atoms with Gasteiger partial charge in [-0.1, -0.05) is 6.08 Å². The molecule has 2 atom stereocenters. The second kappa shape index (κ2) is 7.05.